The van der Waals surface area contributed by atoms with Gasteiger partial charge < -0.3 is 10.8 Å². The summed E-state index contributed by atoms with van der Waals surface area (Å²) in [6, 6.07) is 8.35. The van der Waals surface area contributed by atoms with Gasteiger partial charge in [0.15, 0.2) is 0 Å². The molecule has 0 saturated heterocycles. The highest BCUT2D eigenvalue weighted by Crippen LogP contribution is 2.30. The summed E-state index contributed by atoms with van der Waals surface area (Å²) >= 11 is 0. The maximum Gasteiger partial charge on any atom is 0.331 e. The summed E-state index contributed by atoms with van der Waals surface area (Å²) in [4.78, 5) is 10.9. The van der Waals surface area contributed by atoms with Crippen LogP contribution < -0.4 is 5.73 Å². The first-order valence-electron chi connectivity index (χ1n) is 6.88. The van der Waals surface area contributed by atoms with Crippen molar-refractivity contribution in [2.45, 2.75) is 20.8 Å². The van der Waals surface area contributed by atoms with Crippen molar-refractivity contribution in [2.24, 2.45) is 0 Å². The fourth-order valence-electron chi connectivity index (χ4n) is 2.33. The van der Waals surface area contributed by atoms with E-state index in [1.807, 2.05) is 26.0 Å². The Morgan fingerprint density at radius 1 is 1.14 bits per heavy atom. The molecule has 0 aromatic heterocycles. The van der Waals surface area contributed by atoms with E-state index in [2.05, 4.69) is 0 Å². The number of carboxylic acid groups (broad SMARTS) is 1. The van der Waals surface area contributed by atoms with E-state index in [4.69, 9.17) is 10.8 Å². The van der Waals surface area contributed by atoms with Gasteiger partial charge in [0.1, 0.15) is 5.82 Å². The van der Waals surface area contributed by atoms with Crippen LogP contribution in [0.3, 0.4) is 0 Å². The van der Waals surface area contributed by atoms with Crippen molar-refractivity contribution in [3.8, 4) is 11.1 Å². The van der Waals surface area contributed by atoms with Gasteiger partial charge >= 0.3 is 5.97 Å². The van der Waals surface area contributed by atoms with Gasteiger partial charge in [0.05, 0.1) is 0 Å². The molecule has 0 saturated carbocycles. The average Bonchev–Trinajstić information content (AvgIpc) is 2.43. The molecule has 0 amide bonds. The molecule has 0 aliphatic rings. The minimum absolute atomic E-state index is 0.258. The molecule has 0 heterocycles. The quantitative estimate of drug-likeness (QED) is 0.660. The first-order valence-corrected chi connectivity index (χ1v) is 6.88. The van der Waals surface area contributed by atoms with Gasteiger partial charge in [0.2, 0.25) is 0 Å². The van der Waals surface area contributed by atoms with Crippen molar-refractivity contribution >= 4 is 17.7 Å². The number of nitrogens with two attached hydrogens (primary N) is 1. The maximum absolute atomic E-state index is 14.1. The van der Waals surface area contributed by atoms with E-state index in [0.717, 1.165) is 22.3 Å². The summed E-state index contributed by atoms with van der Waals surface area (Å²) in [5.74, 6) is -1.32. The molecule has 2 rings (SSSR count). The van der Waals surface area contributed by atoms with Crippen LogP contribution in [0.25, 0.3) is 17.2 Å². The van der Waals surface area contributed by atoms with Gasteiger partial charge in [-0.25, -0.2) is 9.18 Å². The summed E-state index contributed by atoms with van der Waals surface area (Å²) in [5.41, 5.74) is 10.1. The molecule has 3 nitrogen and oxygen atoms in total. The molecule has 114 valence electrons. The van der Waals surface area contributed by atoms with Crippen LogP contribution in [0.2, 0.25) is 0 Å². The van der Waals surface area contributed by atoms with Gasteiger partial charge in [0, 0.05) is 16.8 Å². The SMILES string of the molecule is CC(=Cc1cc(C)c(-c2ccc(N)cc2F)cc1C)C(=O)O. The first kappa shape index (κ1) is 15.8. The lowest BCUT2D eigenvalue weighted by Gasteiger charge is -2.12. The molecule has 0 atom stereocenters. The van der Waals surface area contributed by atoms with Crippen LogP contribution >= 0.6 is 0 Å². The number of hydrogen-bond donors (Lipinski definition) is 2. The number of aryl methyl sites for hydroxylation is 2. The largest absolute Gasteiger partial charge is 0.478 e. The van der Waals surface area contributed by atoms with Gasteiger partial charge in [0.25, 0.3) is 0 Å². The Hall–Kier alpha value is -2.62. The number of rotatable bonds is 3. The topological polar surface area (TPSA) is 63.3 Å². The second kappa shape index (κ2) is 6.02. The molecule has 0 aliphatic heterocycles. The summed E-state index contributed by atoms with van der Waals surface area (Å²) in [7, 11) is 0. The number of aliphatic carboxylic acids is 1. The Morgan fingerprint density at radius 2 is 1.82 bits per heavy atom. The zero-order valence-electron chi connectivity index (χ0n) is 12.8. The van der Waals surface area contributed by atoms with Crippen molar-refractivity contribution in [1.82, 2.24) is 0 Å². The second-order valence-corrected chi connectivity index (χ2v) is 5.40. The van der Waals surface area contributed by atoms with E-state index < -0.39 is 5.97 Å². The van der Waals surface area contributed by atoms with E-state index in [-0.39, 0.29) is 11.4 Å². The summed E-state index contributed by atoms with van der Waals surface area (Å²) in [5, 5.41) is 8.97. The van der Waals surface area contributed by atoms with Gasteiger partial charge in [-0.3, -0.25) is 0 Å². The van der Waals surface area contributed by atoms with Crippen molar-refractivity contribution in [3.05, 3.63) is 58.4 Å². The van der Waals surface area contributed by atoms with Gasteiger partial charge in [-0.1, -0.05) is 12.1 Å². The smallest absolute Gasteiger partial charge is 0.331 e. The molecule has 0 radical (unpaired) electrons. The fraction of sp³-hybridized carbons (Fsp3) is 0.167. The van der Waals surface area contributed by atoms with Crippen LogP contribution in [0.15, 0.2) is 35.9 Å². The predicted molar refractivity (Wildman–Crippen MR) is 87.0 cm³/mol. The molecule has 4 heteroatoms. The Balaban J connectivity index is 2.55. The standard InChI is InChI=1S/C18H18FNO2/c1-10-8-16(15-5-4-14(20)9-17(15)19)11(2)6-13(10)7-12(3)18(21)22/h4-9H,20H2,1-3H3,(H,21,22). The third-order valence-corrected chi connectivity index (χ3v) is 3.61. The molecule has 0 fully saturated rings. The fourth-order valence-corrected chi connectivity index (χ4v) is 2.33. The maximum atomic E-state index is 14.1. The Kier molecular flexibility index (Phi) is 4.31. The Bertz CT molecular complexity index is 779. The van der Waals surface area contributed by atoms with Crippen molar-refractivity contribution in [2.75, 3.05) is 5.73 Å². The van der Waals surface area contributed by atoms with Crippen LogP contribution in [-0.4, -0.2) is 11.1 Å². The third-order valence-electron chi connectivity index (χ3n) is 3.61. The lowest BCUT2D eigenvalue weighted by atomic mass is 9.94. The van der Waals surface area contributed by atoms with E-state index in [1.165, 1.54) is 6.07 Å². The molecular weight excluding hydrogens is 281 g/mol. The molecule has 2 aromatic rings. The highest BCUT2D eigenvalue weighted by atomic mass is 19.1. The average molecular weight is 299 g/mol. The van der Waals surface area contributed by atoms with Crippen molar-refractivity contribution < 1.29 is 14.3 Å². The first-order chi connectivity index (χ1) is 10.3. The molecule has 0 aliphatic carbocycles. The monoisotopic (exact) mass is 299 g/mol. The van der Waals surface area contributed by atoms with E-state index in [9.17, 15) is 9.18 Å². The number of carboxylic acids is 1. The molecular formula is C18H18FNO2. The minimum atomic E-state index is -0.953. The van der Waals surface area contributed by atoms with Crippen LogP contribution in [0, 0.1) is 19.7 Å². The third kappa shape index (κ3) is 3.17. The lowest BCUT2D eigenvalue weighted by Crippen LogP contribution is -1.97. The predicted octanol–water partition coefficient (Wildman–Crippen LogP) is 4.18. The Morgan fingerprint density at radius 3 is 2.41 bits per heavy atom. The number of hydrogen-bond acceptors (Lipinski definition) is 2. The van der Waals surface area contributed by atoms with E-state index in [1.54, 1.807) is 25.1 Å². The highest BCUT2D eigenvalue weighted by Gasteiger charge is 2.11. The van der Waals surface area contributed by atoms with Crippen LogP contribution in [0.4, 0.5) is 10.1 Å². The van der Waals surface area contributed by atoms with Gasteiger partial charge in [-0.05, 0) is 67.3 Å². The van der Waals surface area contributed by atoms with E-state index in [0.29, 0.717) is 11.3 Å². The second-order valence-electron chi connectivity index (χ2n) is 5.40. The highest BCUT2D eigenvalue weighted by molar-refractivity contribution is 5.92. The molecule has 2 aromatic carbocycles. The number of nitrogen functional groups attached to an aromatic ring is 1. The van der Waals surface area contributed by atoms with Gasteiger partial charge in [-0.2, -0.15) is 0 Å². The summed E-state index contributed by atoms with van der Waals surface area (Å²) in [6.07, 6.45) is 1.62. The summed E-state index contributed by atoms with van der Waals surface area (Å²) in [6.45, 7) is 5.29. The zero-order valence-corrected chi connectivity index (χ0v) is 12.8. The molecule has 0 spiro atoms. The van der Waals surface area contributed by atoms with E-state index >= 15 is 0 Å². The number of benzene rings is 2. The zero-order chi connectivity index (χ0) is 16.4. The number of halogens is 1. The van der Waals surface area contributed by atoms with Crippen molar-refractivity contribution in [1.29, 1.82) is 0 Å². The molecule has 0 bridgehead atoms. The molecule has 3 N–H and O–H groups in total. The van der Waals surface area contributed by atoms with Crippen LogP contribution in [-0.2, 0) is 4.79 Å². The van der Waals surface area contributed by atoms with Crippen LogP contribution in [0.1, 0.15) is 23.6 Å². The van der Waals surface area contributed by atoms with Gasteiger partial charge in [-0.15, -0.1) is 0 Å². The summed E-state index contributed by atoms with van der Waals surface area (Å²) < 4.78 is 14.1. The van der Waals surface area contributed by atoms with Crippen molar-refractivity contribution in [3.63, 3.8) is 0 Å². The number of anilines is 1. The minimum Gasteiger partial charge on any atom is -0.478 e. The lowest BCUT2D eigenvalue weighted by molar-refractivity contribution is -0.132. The normalized spacial score (nSPS) is 11.5. The molecule has 0 unspecified atom stereocenters. The van der Waals surface area contributed by atoms with Crippen LogP contribution in [0.5, 0.6) is 0 Å². The Labute approximate surface area is 128 Å². The molecule has 22 heavy (non-hydrogen) atoms. The number of carbonyl (C=O) groups is 1.